The highest BCUT2D eigenvalue weighted by Crippen LogP contribution is 2.41. The minimum atomic E-state index is -3.39. The summed E-state index contributed by atoms with van der Waals surface area (Å²) in [7, 11) is -3.39. The Morgan fingerprint density at radius 3 is 2.38 bits per heavy atom. The molecule has 0 saturated heterocycles. The minimum absolute atomic E-state index is 0.242. The molecule has 3 aromatic rings. The summed E-state index contributed by atoms with van der Waals surface area (Å²) < 4.78 is 38.3. The maximum Gasteiger partial charge on any atom is 0.176 e. The van der Waals surface area contributed by atoms with E-state index < -0.39 is 9.84 Å². The Morgan fingerprint density at radius 1 is 1.08 bits per heavy atom. The van der Waals surface area contributed by atoms with E-state index in [4.69, 9.17) is 0 Å². The Labute approximate surface area is 148 Å². The normalized spacial score (nSPS) is 11.6. The molecule has 0 aliphatic heterocycles. The third kappa shape index (κ3) is 3.38. The summed E-state index contributed by atoms with van der Waals surface area (Å²) in [5.41, 5.74) is 1.99. The maximum atomic E-state index is 13.2. The fraction of sp³-hybridized carbons (Fsp3) is 0.118. The molecule has 124 valence electrons. The topological polar surface area (TPSA) is 47.0 Å². The van der Waals surface area contributed by atoms with E-state index in [0.717, 1.165) is 14.8 Å². The number of thiazole rings is 1. The van der Waals surface area contributed by atoms with Gasteiger partial charge in [0.25, 0.3) is 0 Å². The predicted molar refractivity (Wildman–Crippen MR) is 97.8 cm³/mol. The molecule has 0 spiro atoms. The molecule has 2 aromatic carbocycles. The van der Waals surface area contributed by atoms with Gasteiger partial charge in [0.05, 0.1) is 15.5 Å². The van der Waals surface area contributed by atoms with Crippen molar-refractivity contribution in [1.29, 1.82) is 0 Å². The molecule has 3 rings (SSSR count). The first-order valence-electron chi connectivity index (χ1n) is 7.00. The Kier molecular flexibility index (Phi) is 4.76. The molecule has 0 aliphatic rings. The first-order valence-corrected chi connectivity index (χ1v) is 10.9. The summed E-state index contributed by atoms with van der Waals surface area (Å²) in [5, 5.41) is 0. The van der Waals surface area contributed by atoms with Gasteiger partial charge >= 0.3 is 0 Å². The van der Waals surface area contributed by atoms with Gasteiger partial charge in [0.15, 0.2) is 14.2 Å². The third-order valence-corrected chi connectivity index (χ3v) is 6.67. The van der Waals surface area contributed by atoms with Gasteiger partial charge in [-0.15, -0.1) is 11.3 Å². The van der Waals surface area contributed by atoms with Crippen LogP contribution in [-0.4, -0.2) is 25.9 Å². The summed E-state index contributed by atoms with van der Waals surface area (Å²) in [6.45, 7) is 0. The largest absolute Gasteiger partial charge is 0.229 e. The second-order valence-electron chi connectivity index (χ2n) is 5.14. The molecule has 0 aliphatic carbocycles. The monoisotopic (exact) mass is 379 g/mol. The smallest absolute Gasteiger partial charge is 0.176 e. The summed E-state index contributed by atoms with van der Waals surface area (Å²) >= 11 is 2.96. The van der Waals surface area contributed by atoms with Crippen molar-refractivity contribution in [1.82, 2.24) is 4.98 Å². The number of halogens is 1. The number of aromatic nitrogens is 1. The lowest BCUT2D eigenvalue weighted by Crippen LogP contribution is -2.00. The molecule has 3 nitrogen and oxygen atoms in total. The van der Waals surface area contributed by atoms with Crippen LogP contribution in [0.3, 0.4) is 0 Å². The van der Waals surface area contributed by atoms with Gasteiger partial charge in [-0.25, -0.2) is 17.8 Å². The summed E-state index contributed by atoms with van der Waals surface area (Å²) in [6.07, 6.45) is 3.10. The number of sulfone groups is 1. The molecule has 0 bridgehead atoms. The van der Waals surface area contributed by atoms with Gasteiger partial charge in [-0.2, -0.15) is 0 Å². The second kappa shape index (κ2) is 6.66. The average molecular weight is 380 g/mol. The number of nitrogens with zero attached hydrogens (tertiary/aromatic N) is 1. The van der Waals surface area contributed by atoms with E-state index in [1.54, 1.807) is 36.4 Å². The van der Waals surface area contributed by atoms with E-state index in [1.165, 1.54) is 41.5 Å². The number of hydrogen-bond donors (Lipinski definition) is 0. The van der Waals surface area contributed by atoms with Crippen LogP contribution in [0.5, 0.6) is 0 Å². The molecule has 0 N–H and O–H groups in total. The molecular formula is C17H14FNO2S3. The lowest BCUT2D eigenvalue weighted by Gasteiger charge is -2.08. The van der Waals surface area contributed by atoms with Crippen LogP contribution in [0.2, 0.25) is 0 Å². The zero-order valence-electron chi connectivity index (χ0n) is 13.0. The van der Waals surface area contributed by atoms with Crippen molar-refractivity contribution < 1.29 is 12.8 Å². The van der Waals surface area contributed by atoms with Gasteiger partial charge < -0.3 is 0 Å². The van der Waals surface area contributed by atoms with Crippen LogP contribution in [0, 0.1) is 5.82 Å². The van der Waals surface area contributed by atoms with Crippen molar-refractivity contribution in [3.63, 3.8) is 0 Å². The molecule has 7 heteroatoms. The molecular weight excluding hydrogens is 365 g/mol. The summed E-state index contributed by atoms with van der Waals surface area (Å²) in [4.78, 5) is 5.67. The number of thioether (sulfide) groups is 1. The van der Waals surface area contributed by atoms with Gasteiger partial charge in [-0.3, -0.25) is 0 Å². The van der Waals surface area contributed by atoms with E-state index in [9.17, 15) is 12.8 Å². The van der Waals surface area contributed by atoms with Gasteiger partial charge in [0, 0.05) is 11.8 Å². The van der Waals surface area contributed by atoms with E-state index >= 15 is 0 Å². The lowest BCUT2D eigenvalue weighted by molar-refractivity contribution is 0.602. The second-order valence-corrected chi connectivity index (χ2v) is 9.17. The van der Waals surface area contributed by atoms with E-state index in [-0.39, 0.29) is 10.7 Å². The number of benzene rings is 2. The lowest BCUT2D eigenvalue weighted by atomic mass is 10.1. The molecule has 24 heavy (non-hydrogen) atoms. The Morgan fingerprint density at radius 2 is 1.75 bits per heavy atom. The highest BCUT2D eigenvalue weighted by Gasteiger charge is 2.21. The van der Waals surface area contributed by atoms with Crippen molar-refractivity contribution in [3.8, 4) is 21.7 Å². The van der Waals surface area contributed by atoms with Gasteiger partial charge in [-0.05, 0) is 30.0 Å². The van der Waals surface area contributed by atoms with Crippen molar-refractivity contribution in [2.75, 3.05) is 12.5 Å². The molecule has 0 atom stereocenters. The number of hydrogen-bond acceptors (Lipinski definition) is 5. The molecule has 1 heterocycles. The first kappa shape index (κ1) is 17.1. The van der Waals surface area contributed by atoms with Crippen LogP contribution in [-0.2, 0) is 9.84 Å². The molecule has 0 amide bonds. The Bertz CT molecular complexity index is 979. The molecule has 0 fully saturated rings. The average Bonchev–Trinajstić information content (AvgIpc) is 2.99. The van der Waals surface area contributed by atoms with Crippen LogP contribution in [0.25, 0.3) is 21.7 Å². The van der Waals surface area contributed by atoms with Gasteiger partial charge in [0.1, 0.15) is 5.82 Å². The van der Waals surface area contributed by atoms with Crippen LogP contribution in [0.1, 0.15) is 0 Å². The fourth-order valence-electron chi connectivity index (χ4n) is 2.35. The first-order chi connectivity index (χ1) is 11.4. The van der Waals surface area contributed by atoms with Crippen molar-refractivity contribution in [2.45, 2.75) is 9.24 Å². The minimum Gasteiger partial charge on any atom is -0.229 e. The van der Waals surface area contributed by atoms with E-state index in [0.29, 0.717) is 11.3 Å². The zero-order chi connectivity index (χ0) is 17.3. The highest BCUT2D eigenvalue weighted by atomic mass is 32.2. The van der Waals surface area contributed by atoms with Crippen molar-refractivity contribution in [2.24, 2.45) is 0 Å². The highest BCUT2D eigenvalue weighted by molar-refractivity contribution is 8.00. The molecule has 0 saturated carbocycles. The molecule has 0 radical (unpaired) electrons. The number of rotatable bonds is 4. The van der Waals surface area contributed by atoms with Crippen molar-refractivity contribution >= 4 is 32.9 Å². The van der Waals surface area contributed by atoms with Crippen molar-refractivity contribution in [3.05, 3.63) is 54.3 Å². The Hall–Kier alpha value is -1.70. The predicted octanol–water partition coefficient (Wildman–Crippen LogP) is 4.74. The zero-order valence-corrected chi connectivity index (χ0v) is 15.4. The molecule has 0 unspecified atom stereocenters. The quantitative estimate of drug-likeness (QED) is 0.614. The van der Waals surface area contributed by atoms with Crippen LogP contribution in [0.15, 0.2) is 57.8 Å². The fourth-order valence-corrected chi connectivity index (χ4v) is 4.83. The standard InChI is InChI=1S/C17H14FNO2S3/c1-22-17-19-15(13-5-3-4-6-14(13)24(2,20)21)16(23-17)11-7-9-12(18)10-8-11/h3-10H,1-2H3. The van der Waals surface area contributed by atoms with Crippen LogP contribution < -0.4 is 0 Å². The molecule has 1 aromatic heterocycles. The summed E-state index contributed by atoms with van der Waals surface area (Å²) in [5.74, 6) is -0.313. The Balaban J connectivity index is 2.26. The van der Waals surface area contributed by atoms with E-state index in [1.807, 2.05) is 6.26 Å². The van der Waals surface area contributed by atoms with Gasteiger partial charge in [-0.1, -0.05) is 42.1 Å². The van der Waals surface area contributed by atoms with Crippen LogP contribution in [0.4, 0.5) is 4.39 Å². The third-order valence-electron chi connectivity index (χ3n) is 3.43. The van der Waals surface area contributed by atoms with Gasteiger partial charge in [0.2, 0.25) is 0 Å². The maximum absolute atomic E-state index is 13.2. The summed E-state index contributed by atoms with van der Waals surface area (Å²) in [6, 6.07) is 13.0. The SMILES string of the molecule is CSc1nc(-c2ccccc2S(C)(=O)=O)c(-c2ccc(F)cc2)s1. The van der Waals surface area contributed by atoms with E-state index in [2.05, 4.69) is 4.98 Å². The van der Waals surface area contributed by atoms with Crippen LogP contribution >= 0.6 is 23.1 Å².